The average Bonchev–Trinajstić information content (AvgIpc) is 2.75. The van der Waals surface area contributed by atoms with Crippen molar-refractivity contribution in [3.8, 4) is 0 Å². The molecule has 2 heterocycles. The van der Waals surface area contributed by atoms with Gasteiger partial charge in [0.25, 0.3) is 5.82 Å². The fraction of sp³-hybridized carbons (Fsp3) is 0.250. The molecule has 0 saturated heterocycles. The number of H-pyrrole nitrogens is 1. The van der Waals surface area contributed by atoms with Gasteiger partial charge in [0.15, 0.2) is 0 Å². The summed E-state index contributed by atoms with van der Waals surface area (Å²) in [5.41, 5.74) is 3.10. The van der Waals surface area contributed by atoms with E-state index >= 15 is 0 Å². The monoisotopic (exact) mass is 245 g/mol. The molecule has 17 heavy (non-hydrogen) atoms. The Balaban J connectivity index is 2.54. The Kier molecular flexibility index (Phi) is 2.29. The van der Waals surface area contributed by atoms with Crippen molar-refractivity contribution in [2.24, 2.45) is 7.05 Å². The maximum absolute atomic E-state index is 4.66. The lowest BCUT2D eigenvalue weighted by molar-refractivity contribution is -0.679. The van der Waals surface area contributed by atoms with Crippen LogP contribution >= 0.6 is 11.8 Å². The summed E-state index contributed by atoms with van der Waals surface area (Å²) >= 11 is 1.69. The van der Waals surface area contributed by atoms with Crippen molar-refractivity contribution in [2.45, 2.75) is 11.8 Å². The molecule has 0 atom stereocenters. The van der Waals surface area contributed by atoms with Gasteiger partial charge in [0.1, 0.15) is 11.7 Å². The molecule has 0 radical (unpaired) electrons. The molecule has 0 saturated carbocycles. The zero-order valence-electron chi connectivity index (χ0n) is 9.98. The zero-order valence-corrected chi connectivity index (χ0v) is 10.8. The number of hydrogen-bond acceptors (Lipinski definition) is 3. The van der Waals surface area contributed by atoms with E-state index in [1.807, 2.05) is 18.5 Å². The molecule has 86 valence electrons. The Morgan fingerprint density at radius 2 is 2.18 bits per heavy atom. The van der Waals surface area contributed by atoms with Gasteiger partial charge in [0.2, 0.25) is 5.52 Å². The second-order valence-electron chi connectivity index (χ2n) is 4.05. The number of fused-ring (bicyclic) bond motifs is 2. The summed E-state index contributed by atoms with van der Waals surface area (Å²) in [5, 5.41) is 1.14. The van der Waals surface area contributed by atoms with Gasteiger partial charge >= 0.3 is 0 Å². The highest BCUT2D eigenvalue weighted by atomic mass is 32.2. The van der Waals surface area contributed by atoms with E-state index < -0.39 is 0 Å². The first-order valence-electron chi connectivity index (χ1n) is 5.38. The summed E-state index contributed by atoms with van der Waals surface area (Å²) in [7, 11) is 2.01. The predicted octanol–water partition coefficient (Wildman–Crippen LogP) is 1.97. The molecule has 0 aliphatic rings. The topological polar surface area (TPSA) is 45.5 Å². The molecule has 0 aliphatic carbocycles. The average molecular weight is 245 g/mol. The largest absolute Gasteiger partial charge is 0.345 e. The molecule has 0 fully saturated rings. The smallest absolute Gasteiger partial charge is 0.295 e. The normalized spacial score (nSPS) is 11.5. The Morgan fingerprint density at radius 1 is 1.35 bits per heavy atom. The Morgan fingerprint density at radius 3 is 2.94 bits per heavy atom. The standard InChI is InChI=1S/C12H12N4S/c1-7-15-10-8(5-16(7)2)4-9-11(12(10)17-3)14-6-13-9/h4-6H,1-3H3/p+1. The van der Waals surface area contributed by atoms with Crippen LogP contribution < -0.4 is 4.57 Å². The highest BCUT2D eigenvalue weighted by molar-refractivity contribution is 7.99. The molecule has 0 aliphatic heterocycles. The molecular formula is C12H13N4S+. The van der Waals surface area contributed by atoms with Crippen LogP contribution in [0.2, 0.25) is 0 Å². The third-order valence-corrected chi connectivity index (χ3v) is 3.79. The Labute approximate surface area is 103 Å². The van der Waals surface area contributed by atoms with Gasteiger partial charge < -0.3 is 4.98 Å². The molecule has 0 bridgehead atoms. The van der Waals surface area contributed by atoms with Gasteiger partial charge in [-0.15, -0.1) is 11.8 Å². The van der Waals surface area contributed by atoms with Crippen LogP contribution in [0.15, 0.2) is 23.5 Å². The molecule has 2 aromatic heterocycles. The molecule has 1 N–H and O–H groups in total. The van der Waals surface area contributed by atoms with Crippen LogP contribution in [-0.4, -0.2) is 21.2 Å². The fourth-order valence-electron chi connectivity index (χ4n) is 2.01. The van der Waals surface area contributed by atoms with Crippen LogP contribution in [0.1, 0.15) is 5.82 Å². The van der Waals surface area contributed by atoms with Crippen molar-refractivity contribution >= 4 is 33.7 Å². The molecule has 3 aromatic rings. The van der Waals surface area contributed by atoms with Crippen molar-refractivity contribution in [3.63, 3.8) is 0 Å². The lowest BCUT2D eigenvalue weighted by Crippen LogP contribution is -2.32. The number of thioether (sulfide) groups is 1. The van der Waals surface area contributed by atoms with E-state index in [-0.39, 0.29) is 0 Å². The van der Waals surface area contributed by atoms with Crippen molar-refractivity contribution in [3.05, 3.63) is 24.4 Å². The summed E-state index contributed by atoms with van der Waals surface area (Å²) in [6.45, 7) is 2.01. The van der Waals surface area contributed by atoms with Gasteiger partial charge in [-0.2, -0.15) is 0 Å². The van der Waals surface area contributed by atoms with Crippen LogP contribution in [0.4, 0.5) is 0 Å². The molecule has 0 unspecified atom stereocenters. The van der Waals surface area contributed by atoms with E-state index in [4.69, 9.17) is 0 Å². The predicted molar refractivity (Wildman–Crippen MR) is 69.1 cm³/mol. The number of rotatable bonds is 1. The maximum atomic E-state index is 4.66. The molecule has 0 spiro atoms. The molecular weight excluding hydrogens is 232 g/mol. The second-order valence-corrected chi connectivity index (χ2v) is 4.86. The number of nitrogens with zero attached hydrogens (tertiary/aromatic N) is 3. The van der Waals surface area contributed by atoms with Gasteiger partial charge in [-0.05, 0) is 17.3 Å². The van der Waals surface area contributed by atoms with E-state index in [0.717, 1.165) is 32.7 Å². The summed E-state index contributed by atoms with van der Waals surface area (Å²) < 4.78 is 2.04. The minimum absolute atomic E-state index is 1.00. The van der Waals surface area contributed by atoms with E-state index in [1.54, 1.807) is 18.1 Å². The van der Waals surface area contributed by atoms with E-state index in [2.05, 4.69) is 33.5 Å². The van der Waals surface area contributed by atoms with Crippen LogP contribution in [0.25, 0.3) is 21.9 Å². The van der Waals surface area contributed by atoms with Gasteiger partial charge in [0.05, 0.1) is 29.2 Å². The maximum Gasteiger partial charge on any atom is 0.295 e. The van der Waals surface area contributed by atoms with Gasteiger partial charge in [-0.1, -0.05) is 0 Å². The summed E-state index contributed by atoms with van der Waals surface area (Å²) in [6.07, 6.45) is 5.90. The molecule has 4 nitrogen and oxygen atoms in total. The second kappa shape index (κ2) is 3.70. The first-order valence-corrected chi connectivity index (χ1v) is 6.60. The molecule has 0 amide bonds. The van der Waals surface area contributed by atoms with E-state index in [9.17, 15) is 0 Å². The first-order chi connectivity index (χ1) is 8.20. The number of nitrogens with one attached hydrogen (secondary N) is 1. The Hall–Kier alpha value is -1.62. The van der Waals surface area contributed by atoms with Gasteiger partial charge in [-0.25, -0.2) is 9.55 Å². The minimum atomic E-state index is 1.00. The first kappa shape index (κ1) is 10.5. The van der Waals surface area contributed by atoms with Crippen LogP contribution in [-0.2, 0) is 7.05 Å². The number of benzene rings is 1. The van der Waals surface area contributed by atoms with Crippen LogP contribution in [0, 0.1) is 6.92 Å². The number of aromatic nitrogens is 4. The van der Waals surface area contributed by atoms with Gasteiger partial charge in [-0.3, -0.25) is 0 Å². The van der Waals surface area contributed by atoms with Crippen molar-refractivity contribution in [2.75, 3.05) is 6.26 Å². The highest BCUT2D eigenvalue weighted by Crippen LogP contribution is 2.31. The molecule has 1 aromatic carbocycles. The SMILES string of the molecule is CSc1c2nc(C)[n+](C)cc2cc2[nH]cnc12. The van der Waals surface area contributed by atoms with E-state index in [1.165, 1.54) is 0 Å². The van der Waals surface area contributed by atoms with Crippen LogP contribution in [0.3, 0.4) is 0 Å². The summed E-state index contributed by atoms with van der Waals surface area (Å²) in [6, 6.07) is 2.10. The van der Waals surface area contributed by atoms with E-state index in [0.29, 0.717) is 0 Å². The minimum Gasteiger partial charge on any atom is -0.345 e. The third kappa shape index (κ3) is 1.50. The van der Waals surface area contributed by atoms with Crippen molar-refractivity contribution in [1.29, 1.82) is 0 Å². The number of aryl methyl sites for hydroxylation is 2. The summed E-state index contributed by atoms with van der Waals surface area (Å²) in [4.78, 5) is 13.3. The highest BCUT2D eigenvalue weighted by Gasteiger charge is 2.16. The molecule has 5 heteroatoms. The molecule has 3 rings (SSSR count). The summed E-state index contributed by atoms with van der Waals surface area (Å²) in [5.74, 6) is 1.00. The lowest BCUT2D eigenvalue weighted by atomic mass is 10.2. The number of hydrogen-bond donors (Lipinski definition) is 1. The fourth-order valence-corrected chi connectivity index (χ4v) is 2.72. The van der Waals surface area contributed by atoms with Crippen molar-refractivity contribution in [1.82, 2.24) is 15.0 Å². The Bertz CT molecular complexity index is 717. The third-order valence-electron chi connectivity index (χ3n) is 2.99. The zero-order chi connectivity index (χ0) is 12.0. The number of aromatic amines is 1. The van der Waals surface area contributed by atoms with Crippen molar-refractivity contribution < 1.29 is 4.57 Å². The number of imidazole rings is 1. The van der Waals surface area contributed by atoms with Crippen LogP contribution in [0.5, 0.6) is 0 Å². The lowest BCUT2D eigenvalue weighted by Gasteiger charge is -2.02. The quantitative estimate of drug-likeness (QED) is 0.526. The van der Waals surface area contributed by atoms with Gasteiger partial charge in [0, 0.05) is 6.92 Å².